The number of carbonyl (C=O) groups excluding carboxylic acids is 4. The van der Waals surface area contributed by atoms with Gasteiger partial charge in [0.1, 0.15) is 18.3 Å². The molecule has 0 aromatic carbocycles. The summed E-state index contributed by atoms with van der Waals surface area (Å²) in [5.74, 6) is -3.80. The third-order valence-corrected chi connectivity index (χ3v) is 10.2. The van der Waals surface area contributed by atoms with Crippen LogP contribution in [-0.4, -0.2) is 69.3 Å². The molecule has 3 heterocycles. The minimum atomic E-state index is -1.49. The maximum atomic E-state index is 13.0. The maximum absolute atomic E-state index is 13.0. The molecule has 0 aromatic rings. The Bertz CT molecular complexity index is 1060. The molecule has 2 bridgehead atoms. The van der Waals surface area contributed by atoms with Gasteiger partial charge in [-0.3, -0.25) is 19.2 Å². The number of alkyl halides is 2. The van der Waals surface area contributed by atoms with E-state index in [1.165, 1.54) is 20.8 Å². The van der Waals surface area contributed by atoms with Gasteiger partial charge < -0.3 is 23.7 Å². The topological polar surface area (TPSA) is 114 Å². The zero-order chi connectivity index (χ0) is 27.6. The van der Waals surface area contributed by atoms with Crippen LogP contribution in [0.5, 0.6) is 0 Å². The number of hydrogen-bond donors (Lipinski definition) is 0. The molecule has 1 spiro atoms. The minimum Gasteiger partial charge on any atom is -0.462 e. The molecule has 0 unspecified atom stereocenters. The average molecular weight is 651 g/mol. The van der Waals surface area contributed by atoms with Crippen molar-refractivity contribution in [2.45, 2.75) is 92.9 Å². The zero-order valence-corrected chi connectivity index (χ0v) is 24.4. The van der Waals surface area contributed by atoms with Gasteiger partial charge in [-0.2, -0.15) is 0 Å². The molecule has 1 saturated carbocycles. The van der Waals surface area contributed by atoms with Crippen molar-refractivity contribution in [2.24, 2.45) is 17.3 Å². The van der Waals surface area contributed by atoms with Crippen LogP contribution in [0.4, 0.5) is 0 Å². The van der Waals surface area contributed by atoms with Crippen LogP contribution in [0.2, 0.25) is 0 Å². The van der Waals surface area contributed by atoms with E-state index in [0.29, 0.717) is 24.0 Å². The number of fused-ring (bicyclic) bond motifs is 2. The Morgan fingerprint density at radius 1 is 1.05 bits per heavy atom. The molecule has 1 aliphatic carbocycles. The van der Waals surface area contributed by atoms with Gasteiger partial charge in [-0.05, 0) is 25.3 Å². The van der Waals surface area contributed by atoms with E-state index >= 15 is 0 Å². The molecule has 9 nitrogen and oxygen atoms in total. The van der Waals surface area contributed by atoms with E-state index in [1.807, 2.05) is 6.92 Å². The number of halogens is 2. The van der Waals surface area contributed by atoms with Gasteiger partial charge in [-0.1, -0.05) is 48.2 Å². The summed E-state index contributed by atoms with van der Waals surface area (Å²) in [5.41, 5.74) is -1.47. The highest BCUT2D eigenvalue weighted by molar-refractivity contribution is 14.1. The van der Waals surface area contributed by atoms with Crippen LogP contribution in [0, 0.1) is 17.3 Å². The standard InChI is InChI=1S/C26H32ClIO9/c1-10-8-9-16(33-13(4)29)25(7)17(10)21(34-14(5)30)26-12(3)24(32)36-22(26)18(27)11(2)20(37-26)19(28)23(25)35-15(6)31/h12,16-23H,1-2,8-9H2,3-7H3/t12-,16-,17+,18-,19+,20+,21-,22-,23-,25-,26+/m0/s1. The van der Waals surface area contributed by atoms with E-state index < -0.39 is 86.6 Å². The van der Waals surface area contributed by atoms with Crippen LogP contribution in [0.15, 0.2) is 24.3 Å². The Labute approximate surface area is 234 Å². The van der Waals surface area contributed by atoms with E-state index in [2.05, 4.69) is 35.7 Å². The lowest BCUT2D eigenvalue weighted by molar-refractivity contribution is -0.266. The lowest BCUT2D eigenvalue weighted by Gasteiger charge is -2.61. The molecule has 37 heavy (non-hydrogen) atoms. The first kappa shape index (κ1) is 28.4. The number of rotatable bonds is 3. The number of carbonyl (C=O) groups is 4. The van der Waals surface area contributed by atoms with Crippen molar-refractivity contribution in [2.75, 3.05) is 0 Å². The predicted octanol–water partition coefficient (Wildman–Crippen LogP) is 3.43. The summed E-state index contributed by atoms with van der Waals surface area (Å²) in [6.07, 6.45) is -3.66. The molecule has 11 heteroatoms. The van der Waals surface area contributed by atoms with E-state index in [9.17, 15) is 19.2 Å². The van der Waals surface area contributed by atoms with Gasteiger partial charge in [-0.15, -0.1) is 11.6 Å². The molecule has 0 radical (unpaired) electrons. The van der Waals surface area contributed by atoms with E-state index in [0.717, 1.165) is 0 Å². The lowest BCUT2D eigenvalue weighted by Crippen LogP contribution is -2.74. The first-order chi connectivity index (χ1) is 17.2. The van der Waals surface area contributed by atoms with Crippen LogP contribution in [-0.2, 0) is 42.9 Å². The Kier molecular flexibility index (Phi) is 7.53. The van der Waals surface area contributed by atoms with E-state index in [1.54, 1.807) is 6.92 Å². The fourth-order valence-corrected chi connectivity index (χ4v) is 8.68. The second kappa shape index (κ2) is 9.82. The highest BCUT2D eigenvalue weighted by Gasteiger charge is 2.75. The summed E-state index contributed by atoms with van der Waals surface area (Å²) in [4.78, 5) is 50.3. The number of esters is 4. The molecule has 3 aliphatic heterocycles. The molecule has 204 valence electrons. The highest BCUT2D eigenvalue weighted by atomic mass is 127. The van der Waals surface area contributed by atoms with Crippen molar-refractivity contribution in [1.82, 2.24) is 0 Å². The normalized spacial score (nSPS) is 44.9. The second-order valence-electron chi connectivity index (χ2n) is 10.6. The third-order valence-electron chi connectivity index (χ3n) is 8.40. The number of ether oxygens (including phenoxy) is 5. The Hall–Kier alpha value is -1.66. The largest absolute Gasteiger partial charge is 0.462 e. The molecule has 4 fully saturated rings. The van der Waals surface area contributed by atoms with Gasteiger partial charge in [-0.25, -0.2) is 0 Å². The average Bonchev–Trinajstić information content (AvgIpc) is 3.05. The smallest absolute Gasteiger partial charge is 0.312 e. The molecular formula is C26H32ClIO9. The summed E-state index contributed by atoms with van der Waals surface area (Å²) in [6.45, 7) is 15.9. The van der Waals surface area contributed by atoms with Crippen LogP contribution < -0.4 is 0 Å². The van der Waals surface area contributed by atoms with Crippen LogP contribution in [0.1, 0.15) is 47.5 Å². The fraction of sp³-hybridized carbons (Fsp3) is 0.692. The summed E-state index contributed by atoms with van der Waals surface area (Å²) in [6, 6.07) is 0. The Morgan fingerprint density at radius 3 is 2.19 bits per heavy atom. The molecule has 0 N–H and O–H groups in total. The number of hydrogen-bond acceptors (Lipinski definition) is 9. The van der Waals surface area contributed by atoms with Gasteiger partial charge in [0.05, 0.1) is 26.7 Å². The quantitative estimate of drug-likeness (QED) is 0.149. The van der Waals surface area contributed by atoms with Gasteiger partial charge in [0.2, 0.25) is 0 Å². The van der Waals surface area contributed by atoms with Gasteiger partial charge in [0, 0.05) is 26.7 Å². The van der Waals surface area contributed by atoms with Crippen molar-refractivity contribution >= 4 is 58.1 Å². The molecule has 4 rings (SSSR count). The summed E-state index contributed by atoms with van der Waals surface area (Å²) in [7, 11) is 0. The monoisotopic (exact) mass is 650 g/mol. The van der Waals surface area contributed by atoms with Crippen molar-refractivity contribution in [3.8, 4) is 0 Å². The molecular weight excluding hydrogens is 619 g/mol. The fourth-order valence-electron chi connectivity index (χ4n) is 6.78. The minimum absolute atomic E-state index is 0.422. The van der Waals surface area contributed by atoms with Gasteiger partial charge in [0.15, 0.2) is 11.7 Å². The summed E-state index contributed by atoms with van der Waals surface area (Å²) >= 11 is 9.03. The van der Waals surface area contributed by atoms with Crippen molar-refractivity contribution in [1.29, 1.82) is 0 Å². The van der Waals surface area contributed by atoms with Crippen LogP contribution in [0.25, 0.3) is 0 Å². The van der Waals surface area contributed by atoms with Gasteiger partial charge >= 0.3 is 23.9 Å². The summed E-state index contributed by atoms with van der Waals surface area (Å²) < 4.78 is 29.8. The van der Waals surface area contributed by atoms with Crippen LogP contribution in [0.3, 0.4) is 0 Å². The van der Waals surface area contributed by atoms with Crippen molar-refractivity contribution < 1.29 is 42.9 Å². The van der Waals surface area contributed by atoms with Gasteiger partial charge in [0.25, 0.3) is 0 Å². The van der Waals surface area contributed by atoms with Crippen molar-refractivity contribution in [3.63, 3.8) is 0 Å². The first-order valence-electron chi connectivity index (χ1n) is 12.2. The first-order valence-corrected chi connectivity index (χ1v) is 13.9. The predicted molar refractivity (Wildman–Crippen MR) is 140 cm³/mol. The van der Waals surface area contributed by atoms with Crippen molar-refractivity contribution in [3.05, 3.63) is 24.3 Å². The molecule has 0 amide bonds. The molecule has 11 atom stereocenters. The van der Waals surface area contributed by atoms with Crippen LogP contribution >= 0.6 is 34.2 Å². The lowest BCUT2D eigenvalue weighted by atomic mass is 9.53. The maximum Gasteiger partial charge on any atom is 0.312 e. The molecule has 4 aliphatic rings. The Morgan fingerprint density at radius 2 is 1.62 bits per heavy atom. The molecule has 0 aromatic heterocycles. The highest BCUT2D eigenvalue weighted by Crippen LogP contribution is 2.61. The zero-order valence-electron chi connectivity index (χ0n) is 21.5. The second-order valence-corrected chi connectivity index (χ2v) is 12.5. The van der Waals surface area contributed by atoms with E-state index in [-0.39, 0.29) is 0 Å². The summed E-state index contributed by atoms with van der Waals surface area (Å²) in [5, 5.41) is -0.855. The third kappa shape index (κ3) is 4.21. The molecule has 3 saturated heterocycles. The Balaban J connectivity index is 2.06. The SMILES string of the molecule is C=C1CC[C@H](OC(C)=O)[C@@]2(C)[C@H]1[C@H](OC(C)=O)[C@@]13O[C@H](C(=C)[C@H](Cl)[C@@H]1OC(=O)[C@@H]3C)[C@@H](I)[C@@H]2OC(C)=O. The van der Waals surface area contributed by atoms with E-state index in [4.69, 9.17) is 35.3 Å².